The number of benzene rings is 2. The zero-order valence-electron chi connectivity index (χ0n) is 16.2. The van der Waals surface area contributed by atoms with Crippen molar-refractivity contribution >= 4 is 39.0 Å². The number of hydrogen-bond acceptors (Lipinski definition) is 3. The van der Waals surface area contributed by atoms with Crippen molar-refractivity contribution in [1.29, 1.82) is 0 Å². The highest BCUT2D eigenvalue weighted by atomic mass is 35.5. The topological polar surface area (TPSA) is 70.6 Å². The number of sulfone groups is 1. The number of hydrogen-bond donors (Lipinski definition) is 2. The molecular weight excluding hydrogens is 417 g/mol. The fourth-order valence-corrected chi connectivity index (χ4v) is 4.35. The normalized spacial score (nSPS) is 12.1. The van der Waals surface area contributed by atoms with Gasteiger partial charge in [-0.15, -0.1) is 0 Å². The van der Waals surface area contributed by atoms with Crippen LogP contribution in [0.15, 0.2) is 46.3 Å². The summed E-state index contributed by atoms with van der Waals surface area (Å²) >= 11 is 12.1. The smallest absolute Gasteiger partial charge is 0.191 e. The summed E-state index contributed by atoms with van der Waals surface area (Å²) in [5.41, 5.74) is 2.72. The van der Waals surface area contributed by atoms with Crippen molar-refractivity contribution in [3.63, 3.8) is 0 Å². The summed E-state index contributed by atoms with van der Waals surface area (Å²) < 4.78 is 23.5. The van der Waals surface area contributed by atoms with E-state index >= 15 is 0 Å². The summed E-state index contributed by atoms with van der Waals surface area (Å²) in [5, 5.41) is 7.73. The summed E-state index contributed by atoms with van der Waals surface area (Å²) in [4.78, 5) is 4.93. The molecule has 0 heterocycles. The van der Waals surface area contributed by atoms with Gasteiger partial charge in [0.2, 0.25) is 0 Å². The summed E-state index contributed by atoms with van der Waals surface area (Å²) in [6, 6.07) is 10.8. The first-order valence-electron chi connectivity index (χ1n) is 8.95. The number of halogens is 2. The molecule has 0 atom stereocenters. The fraction of sp³-hybridized carbons (Fsp3) is 0.350. The van der Waals surface area contributed by atoms with Gasteiger partial charge in [0.25, 0.3) is 0 Å². The number of nitrogens with zero attached hydrogens (tertiary/aromatic N) is 1. The first-order valence-corrected chi connectivity index (χ1v) is 11.6. The SMILES string of the molecule is CCNC(=NCc1ccc(S(C)(=O)=O)c(C)c1)NCCc1cc(Cl)cc(Cl)c1. The Morgan fingerprint density at radius 2 is 1.71 bits per heavy atom. The second-order valence-electron chi connectivity index (χ2n) is 6.52. The molecule has 152 valence electrons. The molecule has 2 aromatic carbocycles. The molecule has 0 fully saturated rings. The fourth-order valence-electron chi connectivity index (χ4n) is 2.82. The highest BCUT2D eigenvalue weighted by Crippen LogP contribution is 2.19. The van der Waals surface area contributed by atoms with E-state index in [1.165, 1.54) is 6.26 Å². The van der Waals surface area contributed by atoms with Gasteiger partial charge in [-0.2, -0.15) is 0 Å². The number of aliphatic imine (C=N–C) groups is 1. The Labute approximate surface area is 177 Å². The number of guanidine groups is 1. The summed E-state index contributed by atoms with van der Waals surface area (Å²) in [7, 11) is -3.21. The molecule has 0 amide bonds. The molecule has 2 N–H and O–H groups in total. The number of rotatable bonds is 7. The van der Waals surface area contributed by atoms with Crippen molar-refractivity contribution in [3.8, 4) is 0 Å². The lowest BCUT2D eigenvalue weighted by atomic mass is 10.1. The van der Waals surface area contributed by atoms with Crippen molar-refractivity contribution < 1.29 is 8.42 Å². The standard InChI is InChI=1S/C20H25Cl2N3O2S/c1-4-23-20(24-8-7-15-10-17(21)12-18(22)11-15)25-13-16-5-6-19(14(2)9-16)28(3,26)27/h5-6,9-12H,4,7-8,13H2,1-3H3,(H2,23,24,25). The van der Waals surface area contributed by atoms with Gasteiger partial charge < -0.3 is 10.6 Å². The van der Waals surface area contributed by atoms with Crippen molar-refractivity contribution in [2.24, 2.45) is 4.99 Å². The van der Waals surface area contributed by atoms with Gasteiger partial charge in [0, 0.05) is 29.4 Å². The van der Waals surface area contributed by atoms with E-state index in [0.29, 0.717) is 34.0 Å². The van der Waals surface area contributed by atoms with Crippen LogP contribution < -0.4 is 10.6 Å². The van der Waals surface area contributed by atoms with Crippen molar-refractivity contribution in [2.45, 2.75) is 31.7 Å². The van der Waals surface area contributed by atoms with Crippen molar-refractivity contribution in [3.05, 3.63) is 63.1 Å². The van der Waals surface area contributed by atoms with Crippen LogP contribution in [0.4, 0.5) is 0 Å². The molecule has 8 heteroatoms. The molecule has 28 heavy (non-hydrogen) atoms. The molecule has 0 saturated heterocycles. The van der Waals surface area contributed by atoms with E-state index in [9.17, 15) is 8.42 Å². The van der Waals surface area contributed by atoms with E-state index in [-0.39, 0.29) is 0 Å². The molecule has 2 rings (SSSR count). The molecule has 0 saturated carbocycles. The van der Waals surface area contributed by atoms with Crippen LogP contribution in [0, 0.1) is 6.92 Å². The van der Waals surface area contributed by atoms with Crippen molar-refractivity contribution in [1.82, 2.24) is 10.6 Å². The van der Waals surface area contributed by atoms with E-state index in [2.05, 4.69) is 15.6 Å². The zero-order chi connectivity index (χ0) is 20.7. The third-order valence-electron chi connectivity index (χ3n) is 4.03. The van der Waals surface area contributed by atoms with Crippen LogP contribution in [0.25, 0.3) is 0 Å². The first-order chi connectivity index (χ1) is 13.2. The van der Waals surface area contributed by atoms with Crippen LogP contribution in [0.3, 0.4) is 0 Å². The Balaban J connectivity index is 2.01. The van der Waals surface area contributed by atoms with Gasteiger partial charge in [0.1, 0.15) is 0 Å². The van der Waals surface area contributed by atoms with Crippen LogP contribution in [-0.4, -0.2) is 33.7 Å². The Bertz CT molecular complexity index is 940. The van der Waals surface area contributed by atoms with Gasteiger partial charge in [-0.1, -0.05) is 35.3 Å². The minimum absolute atomic E-state index is 0.352. The molecule has 0 unspecified atom stereocenters. The zero-order valence-corrected chi connectivity index (χ0v) is 18.5. The second-order valence-corrected chi connectivity index (χ2v) is 9.38. The Morgan fingerprint density at radius 3 is 2.29 bits per heavy atom. The highest BCUT2D eigenvalue weighted by molar-refractivity contribution is 7.90. The van der Waals surface area contributed by atoms with Crippen molar-refractivity contribution in [2.75, 3.05) is 19.3 Å². The third kappa shape index (κ3) is 7.00. The van der Waals surface area contributed by atoms with Gasteiger partial charge in [-0.3, -0.25) is 0 Å². The number of aryl methyl sites for hydroxylation is 1. The quantitative estimate of drug-likeness (QED) is 0.502. The lowest BCUT2D eigenvalue weighted by molar-refractivity contribution is 0.601. The molecule has 5 nitrogen and oxygen atoms in total. The van der Waals surface area contributed by atoms with Gasteiger partial charge in [0.15, 0.2) is 15.8 Å². The molecular formula is C20H25Cl2N3O2S. The Morgan fingerprint density at radius 1 is 1.04 bits per heavy atom. The molecule has 0 radical (unpaired) electrons. The maximum atomic E-state index is 11.7. The summed E-state index contributed by atoms with van der Waals surface area (Å²) in [6.07, 6.45) is 1.97. The van der Waals surface area contributed by atoms with Gasteiger partial charge >= 0.3 is 0 Å². The van der Waals surface area contributed by atoms with E-state index in [4.69, 9.17) is 23.2 Å². The minimum atomic E-state index is -3.21. The molecule has 0 spiro atoms. The lowest BCUT2D eigenvalue weighted by Gasteiger charge is -2.12. The molecule has 0 aliphatic rings. The maximum Gasteiger partial charge on any atom is 0.191 e. The van der Waals surface area contributed by atoms with Gasteiger partial charge in [0.05, 0.1) is 11.4 Å². The van der Waals surface area contributed by atoms with Crippen LogP contribution in [0.1, 0.15) is 23.6 Å². The Hall–Kier alpha value is -1.76. The van der Waals surface area contributed by atoms with Crippen LogP contribution in [0.2, 0.25) is 10.0 Å². The number of nitrogens with one attached hydrogen (secondary N) is 2. The third-order valence-corrected chi connectivity index (χ3v) is 5.72. The Kier molecular flexibility index (Phi) is 8.16. The molecule has 0 aliphatic heterocycles. The molecule has 0 aliphatic carbocycles. The highest BCUT2D eigenvalue weighted by Gasteiger charge is 2.10. The largest absolute Gasteiger partial charge is 0.357 e. The van der Waals surface area contributed by atoms with E-state index in [1.54, 1.807) is 25.1 Å². The average molecular weight is 442 g/mol. The first kappa shape index (κ1) is 22.5. The predicted molar refractivity (Wildman–Crippen MR) is 117 cm³/mol. The summed E-state index contributed by atoms with van der Waals surface area (Å²) in [6.45, 7) is 5.65. The average Bonchev–Trinajstić information content (AvgIpc) is 2.57. The van der Waals surface area contributed by atoms with E-state index < -0.39 is 9.84 Å². The second kappa shape index (κ2) is 10.1. The molecule has 0 bridgehead atoms. The minimum Gasteiger partial charge on any atom is -0.357 e. The van der Waals surface area contributed by atoms with E-state index in [0.717, 1.165) is 29.7 Å². The monoisotopic (exact) mass is 441 g/mol. The van der Waals surface area contributed by atoms with E-state index in [1.807, 2.05) is 25.1 Å². The van der Waals surface area contributed by atoms with Gasteiger partial charge in [-0.25, -0.2) is 13.4 Å². The van der Waals surface area contributed by atoms with Crippen LogP contribution >= 0.6 is 23.2 Å². The van der Waals surface area contributed by atoms with Crippen LogP contribution in [-0.2, 0) is 22.8 Å². The van der Waals surface area contributed by atoms with Gasteiger partial charge in [-0.05, 0) is 61.2 Å². The predicted octanol–water partition coefficient (Wildman–Crippen LogP) is 4.00. The molecule has 2 aromatic rings. The molecule has 0 aromatic heterocycles. The lowest BCUT2D eigenvalue weighted by Crippen LogP contribution is -2.38. The maximum absolute atomic E-state index is 11.7. The van der Waals surface area contributed by atoms with Crippen LogP contribution in [0.5, 0.6) is 0 Å². The summed E-state index contributed by atoms with van der Waals surface area (Å²) in [5.74, 6) is 0.695.